The first-order valence-electron chi connectivity index (χ1n) is 9.33. The number of amides is 1. The average Bonchev–Trinajstić information content (AvgIpc) is 2.70. The molecule has 4 nitrogen and oxygen atoms in total. The van der Waals surface area contributed by atoms with Crippen LogP contribution in [-0.4, -0.2) is 11.9 Å². The van der Waals surface area contributed by atoms with Crippen LogP contribution in [0.3, 0.4) is 0 Å². The average molecular weight is 442 g/mol. The lowest BCUT2D eigenvalue weighted by atomic mass is 9.87. The zero-order valence-corrected chi connectivity index (χ0v) is 18.3. The number of esters is 1. The highest BCUT2D eigenvalue weighted by molar-refractivity contribution is 6.35. The molecule has 0 radical (unpaired) electrons. The van der Waals surface area contributed by atoms with E-state index in [1.807, 2.05) is 12.1 Å². The third kappa shape index (κ3) is 5.41. The summed E-state index contributed by atoms with van der Waals surface area (Å²) in [6, 6.07) is 18.4. The predicted octanol–water partition coefficient (Wildman–Crippen LogP) is 6.76. The molecule has 0 aliphatic heterocycles. The molecular weight excluding hydrogens is 421 g/mol. The topological polar surface area (TPSA) is 55.4 Å². The van der Waals surface area contributed by atoms with Crippen molar-refractivity contribution < 1.29 is 14.3 Å². The van der Waals surface area contributed by atoms with Crippen LogP contribution in [0.2, 0.25) is 10.0 Å². The van der Waals surface area contributed by atoms with Crippen molar-refractivity contribution >= 4 is 40.8 Å². The maximum absolute atomic E-state index is 12.4. The molecule has 6 heteroatoms. The van der Waals surface area contributed by atoms with E-state index in [0.29, 0.717) is 32.6 Å². The van der Waals surface area contributed by atoms with Crippen LogP contribution in [0.25, 0.3) is 0 Å². The molecule has 1 amide bonds. The second-order valence-electron chi connectivity index (χ2n) is 7.82. The van der Waals surface area contributed by atoms with Crippen LogP contribution in [0.5, 0.6) is 5.75 Å². The lowest BCUT2D eigenvalue weighted by Crippen LogP contribution is -2.13. The number of hydrogen-bond acceptors (Lipinski definition) is 3. The summed E-state index contributed by atoms with van der Waals surface area (Å²) in [7, 11) is 0. The van der Waals surface area contributed by atoms with Gasteiger partial charge in [0.2, 0.25) is 0 Å². The molecule has 0 saturated carbocycles. The van der Waals surface area contributed by atoms with Crippen molar-refractivity contribution in [3.05, 3.63) is 93.5 Å². The number of hydrogen-bond donors (Lipinski definition) is 1. The number of rotatable bonds is 4. The van der Waals surface area contributed by atoms with E-state index in [1.165, 1.54) is 0 Å². The third-order valence-electron chi connectivity index (χ3n) is 4.49. The lowest BCUT2D eigenvalue weighted by molar-refractivity contribution is 0.0734. The highest BCUT2D eigenvalue weighted by Gasteiger charge is 2.15. The lowest BCUT2D eigenvalue weighted by Gasteiger charge is -2.18. The Morgan fingerprint density at radius 1 is 0.833 bits per heavy atom. The van der Waals surface area contributed by atoms with Crippen LogP contribution >= 0.6 is 23.2 Å². The number of halogens is 2. The summed E-state index contributed by atoms with van der Waals surface area (Å²) in [5.41, 5.74) is 2.41. The smallest absolute Gasteiger partial charge is 0.343 e. The van der Waals surface area contributed by atoms with Crippen molar-refractivity contribution in [2.24, 2.45) is 0 Å². The van der Waals surface area contributed by atoms with Crippen LogP contribution in [0.15, 0.2) is 66.7 Å². The molecule has 0 aromatic heterocycles. The van der Waals surface area contributed by atoms with Gasteiger partial charge >= 0.3 is 5.97 Å². The van der Waals surface area contributed by atoms with E-state index in [2.05, 4.69) is 26.1 Å². The normalized spacial score (nSPS) is 11.1. The van der Waals surface area contributed by atoms with Crippen LogP contribution in [0, 0.1) is 0 Å². The predicted molar refractivity (Wildman–Crippen MR) is 121 cm³/mol. The van der Waals surface area contributed by atoms with Gasteiger partial charge in [-0.25, -0.2) is 4.79 Å². The molecule has 3 aromatic rings. The summed E-state index contributed by atoms with van der Waals surface area (Å²) in [6.45, 7) is 6.33. The Hall–Kier alpha value is -2.82. The molecule has 0 heterocycles. The first kappa shape index (κ1) is 21.9. The summed E-state index contributed by atoms with van der Waals surface area (Å²) in [4.78, 5) is 24.8. The van der Waals surface area contributed by atoms with Crippen molar-refractivity contribution in [2.45, 2.75) is 26.2 Å². The van der Waals surface area contributed by atoms with E-state index >= 15 is 0 Å². The Bertz CT molecular complexity index is 1070. The highest BCUT2D eigenvalue weighted by Crippen LogP contribution is 2.26. The van der Waals surface area contributed by atoms with E-state index in [1.54, 1.807) is 54.6 Å². The maximum atomic E-state index is 12.4. The van der Waals surface area contributed by atoms with E-state index < -0.39 is 5.97 Å². The van der Waals surface area contributed by atoms with Gasteiger partial charge in [0.15, 0.2) is 0 Å². The Morgan fingerprint density at radius 3 is 2.03 bits per heavy atom. The van der Waals surface area contributed by atoms with Crippen LogP contribution in [0.1, 0.15) is 47.1 Å². The molecule has 0 fully saturated rings. The van der Waals surface area contributed by atoms with Gasteiger partial charge in [0, 0.05) is 10.6 Å². The maximum Gasteiger partial charge on any atom is 0.343 e. The molecule has 3 rings (SSSR count). The second-order valence-corrected chi connectivity index (χ2v) is 8.66. The summed E-state index contributed by atoms with van der Waals surface area (Å²) in [5, 5.41) is 3.56. The molecule has 1 N–H and O–H groups in total. The van der Waals surface area contributed by atoms with E-state index in [-0.39, 0.29) is 11.3 Å². The molecule has 0 saturated heterocycles. The molecule has 0 aliphatic carbocycles. The minimum atomic E-state index is -0.460. The van der Waals surface area contributed by atoms with Crippen molar-refractivity contribution in [3.63, 3.8) is 0 Å². The molecule has 0 bridgehead atoms. The number of ether oxygens (including phenoxy) is 1. The number of benzene rings is 3. The van der Waals surface area contributed by atoms with Gasteiger partial charge in [-0.15, -0.1) is 0 Å². The van der Waals surface area contributed by atoms with Gasteiger partial charge in [-0.1, -0.05) is 56.1 Å². The van der Waals surface area contributed by atoms with Crippen molar-refractivity contribution in [3.8, 4) is 5.75 Å². The number of carbonyl (C=O) groups excluding carboxylic acids is 2. The quantitative estimate of drug-likeness (QED) is 0.359. The molecular formula is C24H21Cl2NO3. The van der Waals surface area contributed by atoms with Gasteiger partial charge in [0.25, 0.3) is 5.91 Å². The first-order chi connectivity index (χ1) is 14.1. The van der Waals surface area contributed by atoms with Gasteiger partial charge in [0.1, 0.15) is 5.75 Å². The molecule has 0 unspecified atom stereocenters. The summed E-state index contributed by atoms with van der Waals surface area (Å²) < 4.78 is 5.40. The van der Waals surface area contributed by atoms with Gasteiger partial charge < -0.3 is 10.1 Å². The van der Waals surface area contributed by atoms with E-state index in [4.69, 9.17) is 27.9 Å². The minimum absolute atomic E-state index is 0.00808. The Labute approximate surface area is 185 Å². The van der Waals surface area contributed by atoms with Crippen LogP contribution in [-0.2, 0) is 5.41 Å². The van der Waals surface area contributed by atoms with Crippen LogP contribution in [0.4, 0.5) is 5.69 Å². The SMILES string of the molecule is CC(C)(C)c1ccc(C(=O)Oc2ccc(C(=O)Nc3cc(Cl)ccc3Cl)cc2)cc1. The molecule has 154 valence electrons. The fourth-order valence-corrected chi connectivity index (χ4v) is 3.07. The van der Waals surface area contributed by atoms with Gasteiger partial charge in [-0.3, -0.25) is 4.79 Å². The number of anilines is 1. The number of nitrogens with one attached hydrogen (secondary N) is 1. The van der Waals surface area contributed by atoms with Crippen molar-refractivity contribution in [2.75, 3.05) is 5.32 Å². The fraction of sp³-hybridized carbons (Fsp3) is 0.167. The highest BCUT2D eigenvalue weighted by atomic mass is 35.5. The summed E-state index contributed by atoms with van der Waals surface area (Å²) >= 11 is 12.0. The summed E-state index contributed by atoms with van der Waals surface area (Å²) in [5.74, 6) is -0.467. The minimum Gasteiger partial charge on any atom is -0.423 e. The van der Waals surface area contributed by atoms with Crippen molar-refractivity contribution in [1.29, 1.82) is 0 Å². The third-order valence-corrected chi connectivity index (χ3v) is 5.05. The standard InChI is InChI=1S/C24H21Cl2NO3/c1-24(2,3)17-8-4-16(5-9-17)23(29)30-19-11-6-15(7-12-19)22(28)27-21-14-18(25)10-13-20(21)26/h4-14H,1-3H3,(H,27,28). The zero-order valence-electron chi connectivity index (χ0n) is 16.8. The van der Waals surface area contributed by atoms with Gasteiger partial charge in [-0.05, 0) is 65.6 Å². The van der Waals surface area contributed by atoms with Gasteiger partial charge in [-0.2, -0.15) is 0 Å². The largest absolute Gasteiger partial charge is 0.423 e. The number of carbonyl (C=O) groups is 2. The van der Waals surface area contributed by atoms with Crippen molar-refractivity contribution in [1.82, 2.24) is 0 Å². The van der Waals surface area contributed by atoms with Crippen LogP contribution < -0.4 is 10.1 Å². The monoisotopic (exact) mass is 441 g/mol. The zero-order chi connectivity index (χ0) is 21.9. The second kappa shape index (κ2) is 8.90. The molecule has 0 spiro atoms. The molecule has 3 aromatic carbocycles. The van der Waals surface area contributed by atoms with Gasteiger partial charge in [0.05, 0.1) is 16.3 Å². The summed E-state index contributed by atoms with van der Waals surface area (Å²) in [6.07, 6.45) is 0. The Balaban J connectivity index is 1.66. The molecule has 0 atom stereocenters. The Kier molecular flexibility index (Phi) is 6.49. The molecule has 30 heavy (non-hydrogen) atoms. The Morgan fingerprint density at radius 2 is 1.43 bits per heavy atom. The van der Waals surface area contributed by atoms with E-state index in [0.717, 1.165) is 5.56 Å². The molecule has 0 aliphatic rings. The van der Waals surface area contributed by atoms with E-state index in [9.17, 15) is 9.59 Å². The fourth-order valence-electron chi connectivity index (χ4n) is 2.73. The first-order valence-corrected chi connectivity index (χ1v) is 10.1.